The molecule has 0 spiro atoms. The highest BCUT2D eigenvalue weighted by atomic mass is 32.1. The molecule has 684 valence electrons. The predicted octanol–water partition coefficient (Wildman–Crippen LogP) is 37.9. The number of hydrogen-bond acceptors (Lipinski definition) is 9. The van der Waals surface area contributed by atoms with Crippen molar-refractivity contribution in [1.29, 1.82) is 0 Å². The van der Waals surface area contributed by atoms with Crippen molar-refractivity contribution in [2.24, 2.45) is 0 Å². The Morgan fingerprint density at radius 3 is 0.814 bits per heavy atom. The zero-order valence-corrected chi connectivity index (χ0v) is 82.7. The number of benzene rings is 19. The lowest BCUT2D eigenvalue weighted by atomic mass is 10.0. The standard InChI is InChI=1S/C44H28N2S2.C43H27FN3S2.C43H28N3S2/c1-3-11-31(12-4-1)45(34-24-25-37-42(28-34)48-43-36-16-8-10-18-41(36)47-44(37)43)33-22-19-29(20-23-33)30-21-26-40-38(27-30)35-15-7-9-17-39(35)46(40)32-13-5-2-6-14-32;44-28-14-16-30(17-15-28)47-38-12-6-4-10-34(38)37-26-32(19-21-39(37)47)46(31-22-24-45(25-23-31)29-8-2-1-3-9-29)33-18-20-36-41(27-33)49-42-35-11-5-7-13-40(35)48-43(36)42;1-3-11-29(12-4-1)44-25-23-31(24-26-44)45(33-19-21-36-41(28-33)48-42-35-16-8-10-18-40(35)47-43(36)42)32-20-22-39-37(27-32)34-15-7-9-17-38(34)46(39)30-13-5-2-6-14-30/h1-28H;1-27H;1-28H/q;2*+1. The number of para-hydroxylation sites is 8. The van der Waals surface area contributed by atoms with Gasteiger partial charge in [-0.2, -0.15) is 9.13 Å². The van der Waals surface area contributed by atoms with Gasteiger partial charge in [-0.1, -0.05) is 237 Å². The van der Waals surface area contributed by atoms with Crippen LogP contribution in [0.5, 0.6) is 0 Å². The Bertz CT molecular complexity index is 10200. The highest BCUT2D eigenvalue weighted by Gasteiger charge is 2.27. The van der Waals surface area contributed by atoms with Gasteiger partial charge < -0.3 is 28.4 Å². The van der Waals surface area contributed by atoms with Crippen LogP contribution in [0.3, 0.4) is 0 Å². The topological polar surface area (TPSA) is 32.3 Å². The number of halogens is 1. The van der Waals surface area contributed by atoms with Crippen LogP contribution in [0.1, 0.15) is 0 Å². The summed E-state index contributed by atoms with van der Waals surface area (Å²) in [6, 6.07) is 171. The van der Waals surface area contributed by atoms with Crippen molar-refractivity contribution >= 4 is 273 Å². The molecule has 0 N–H and O–H groups in total. The van der Waals surface area contributed by atoms with Gasteiger partial charge in [-0.25, -0.2) is 4.39 Å². The lowest BCUT2D eigenvalue weighted by Crippen LogP contribution is -2.29. The van der Waals surface area contributed by atoms with Gasteiger partial charge in [0.15, 0.2) is 24.8 Å². The van der Waals surface area contributed by atoms with Crippen molar-refractivity contribution in [3.63, 3.8) is 0 Å². The van der Waals surface area contributed by atoms with Gasteiger partial charge in [0.1, 0.15) is 5.82 Å². The third-order valence-electron chi connectivity index (χ3n) is 28.0. The maximum atomic E-state index is 13.9. The van der Waals surface area contributed by atoms with Crippen LogP contribution < -0.4 is 23.8 Å². The van der Waals surface area contributed by atoms with Gasteiger partial charge in [0.05, 0.1) is 72.7 Å². The average molecular weight is 1970 g/mol. The van der Waals surface area contributed by atoms with Crippen LogP contribution in [0.15, 0.2) is 504 Å². The largest absolute Gasteiger partial charge is 0.310 e. The fourth-order valence-electron chi connectivity index (χ4n) is 21.3. The first-order valence-electron chi connectivity index (χ1n) is 48.5. The summed E-state index contributed by atoms with van der Waals surface area (Å²) in [6.45, 7) is 0. The zero-order valence-electron chi connectivity index (χ0n) is 77.8. The van der Waals surface area contributed by atoms with E-state index in [9.17, 15) is 4.39 Å². The Morgan fingerprint density at radius 1 is 0.172 bits per heavy atom. The molecule has 0 fully saturated rings. The Labute approximate surface area is 857 Å². The summed E-state index contributed by atoms with van der Waals surface area (Å²) < 4.78 is 41.4. The van der Waals surface area contributed by atoms with E-state index in [1.54, 1.807) is 0 Å². The second-order valence-electron chi connectivity index (χ2n) is 36.4. The number of anilines is 9. The summed E-state index contributed by atoms with van der Waals surface area (Å²) in [5.41, 5.74) is 25.0. The Morgan fingerprint density at radius 2 is 0.428 bits per heavy atom. The number of nitrogens with zero attached hydrogens (tertiary/aromatic N) is 8. The van der Waals surface area contributed by atoms with Gasteiger partial charge in [0.25, 0.3) is 0 Å². The lowest BCUT2D eigenvalue weighted by molar-refractivity contribution is -0.595. The van der Waals surface area contributed by atoms with Gasteiger partial charge in [0.2, 0.25) is 11.4 Å². The van der Waals surface area contributed by atoms with Crippen LogP contribution >= 0.6 is 68.0 Å². The van der Waals surface area contributed by atoms with Gasteiger partial charge in [-0.15, -0.1) is 68.0 Å². The maximum Gasteiger partial charge on any atom is 0.210 e. The SMILES string of the molecule is Fc1ccc(-n2c3ccccc3c3cc(N(c4cc[n+](-c5ccccc5)cc4)c4ccc5c(c4)sc4c6ccccc6sc54)ccc32)cc1.c1ccc(-n2c3ccccc3c3cc(N(c4cc[n+](-c5ccccc5)cc4)c4ccc5c(c4)sc4c6ccccc6sc54)ccc32)cc1.c1ccc(N(c2ccc(-c3ccc4c(c3)c3ccccc3n4-c3ccccc3)cc2)c2ccc3c(c2)sc2c4ccccc4sc32)cc1. The van der Waals surface area contributed by atoms with Gasteiger partial charge in [-0.05, 0) is 205 Å². The number of fused-ring (bicyclic) bond motifs is 24. The van der Waals surface area contributed by atoms with Crippen LogP contribution in [-0.2, 0) is 0 Å². The molecule has 8 nitrogen and oxygen atoms in total. The molecule has 0 aliphatic rings. The van der Waals surface area contributed by atoms with Crippen molar-refractivity contribution in [3.8, 4) is 39.6 Å². The van der Waals surface area contributed by atoms with E-state index in [2.05, 4.69) is 511 Å². The molecule has 30 rings (SSSR count). The van der Waals surface area contributed by atoms with E-state index in [4.69, 9.17) is 0 Å². The molecule has 19 aromatic carbocycles. The van der Waals surface area contributed by atoms with E-state index in [1.165, 1.54) is 161 Å². The molecule has 145 heavy (non-hydrogen) atoms. The average Bonchev–Trinajstić information content (AvgIpc) is 1.61. The molecule has 0 atom stereocenters. The third-order valence-corrected chi connectivity index (χ3v) is 35.6. The summed E-state index contributed by atoms with van der Waals surface area (Å²) in [5, 5.41) is 15.3. The monoisotopic (exact) mass is 1970 g/mol. The Kier molecular flexibility index (Phi) is 21.1. The van der Waals surface area contributed by atoms with Crippen molar-refractivity contribution in [2.75, 3.05) is 14.7 Å². The summed E-state index contributed by atoms with van der Waals surface area (Å²) in [5.74, 6) is -0.241. The molecule has 0 saturated carbocycles. The van der Waals surface area contributed by atoms with Crippen molar-refractivity contribution in [3.05, 3.63) is 510 Å². The minimum atomic E-state index is -0.241. The molecule has 15 heteroatoms. The minimum Gasteiger partial charge on any atom is -0.310 e. The van der Waals surface area contributed by atoms with Gasteiger partial charge in [0, 0.05) is 198 Å². The normalized spacial score (nSPS) is 11.8. The summed E-state index contributed by atoms with van der Waals surface area (Å²) >= 11 is 11.4. The van der Waals surface area contributed by atoms with Crippen molar-refractivity contribution in [2.45, 2.75) is 0 Å². The van der Waals surface area contributed by atoms with Crippen LogP contribution in [0.25, 0.3) is 194 Å². The van der Waals surface area contributed by atoms with Crippen LogP contribution in [0.4, 0.5) is 55.6 Å². The summed E-state index contributed by atoms with van der Waals surface area (Å²) in [6.07, 6.45) is 8.57. The molecule has 0 bridgehead atoms. The zero-order chi connectivity index (χ0) is 95.7. The number of pyridine rings is 2. The number of rotatable bonds is 15. The van der Waals surface area contributed by atoms with Crippen molar-refractivity contribution < 1.29 is 13.5 Å². The van der Waals surface area contributed by atoms with Crippen molar-refractivity contribution in [1.82, 2.24) is 13.7 Å². The quantitative estimate of drug-likeness (QED) is 0.0959. The Balaban J connectivity index is 0.000000106. The van der Waals surface area contributed by atoms with E-state index >= 15 is 0 Å². The van der Waals surface area contributed by atoms with E-state index in [0.29, 0.717) is 0 Å². The molecule has 0 saturated heterocycles. The first-order valence-corrected chi connectivity index (χ1v) is 53.4. The molecule has 0 aliphatic carbocycles. The fourth-order valence-corrected chi connectivity index (χ4v) is 29.4. The minimum absolute atomic E-state index is 0.241. The number of aromatic nitrogens is 5. The molecule has 11 heterocycles. The molecule has 11 aromatic heterocycles. The predicted molar refractivity (Wildman–Crippen MR) is 620 cm³/mol. The van der Waals surface area contributed by atoms with E-state index in [0.717, 1.165) is 95.7 Å². The second-order valence-corrected chi connectivity index (χ2v) is 42.8. The highest BCUT2D eigenvalue weighted by Crippen LogP contribution is 2.53. The van der Waals surface area contributed by atoms with E-state index < -0.39 is 0 Å². The number of thiophene rings is 6. The van der Waals surface area contributed by atoms with Gasteiger partial charge >= 0.3 is 0 Å². The maximum absolute atomic E-state index is 13.9. The molecule has 30 aromatic rings. The molecule has 0 unspecified atom stereocenters. The van der Waals surface area contributed by atoms with Gasteiger partial charge in [-0.3, -0.25) is 0 Å². The first-order chi connectivity index (χ1) is 71.8. The van der Waals surface area contributed by atoms with Crippen LogP contribution in [-0.4, -0.2) is 13.7 Å². The molecular formula is C130H83FN8S6+2. The molecule has 0 amide bonds. The van der Waals surface area contributed by atoms with Crippen LogP contribution in [0, 0.1) is 5.82 Å². The lowest BCUT2D eigenvalue weighted by Gasteiger charge is -2.25. The van der Waals surface area contributed by atoms with E-state index in [-0.39, 0.29) is 5.82 Å². The highest BCUT2D eigenvalue weighted by molar-refractivity contribution is 7.38. The molecular weight excluding hydrogens is 1880 g/mol. The van der Waals surface area contributed by atoms with E-state index in [1.807, 2.05) is 86.2 Å². The summed E-state index contributed by atoms with van der Waals surface area (Å²) in [7, 11) is 0. The Hall–Kier alpha value is -17.3. The second kappa shape index (κ2) is 35.8. The third kappa shape index (κ3) is 15.0. The fraction of sp³-hybridized carbons (Fsp3) is 0. The first kappa shape index (κ1) is 85.7. The number of hydrogen-bond donors (Lipinski definition) is 0. The summed E-state index contributed by atoms with van der Waals surface area (Å²) in [4.78, 5) is 7.12. The molecule has 0 radical (unpaired) electrons. The molecule has 0 aliphatic heterocycles. The smallest absolute Gasteiger partial charge is 0.210 e. The van der Waals surface area contributed by atoms with Crippen LogP contribution in [0.2, 0.25) is 0 Å².